The molecule has 0 saturated heterocycles. The van der Waals surface area contributed by atoms with E-state index in [-0.39, 0.29) is 11.6 Å². The lowest BCUT2D eigenvalue weighted by Crippen LogP contribution is -2.05. The number of rotatable bonds is 5. The van der Waals surface area contributed by atoms with E-state index in [1.54, 1.807) is 24.3 Å². The molecule has 0 fully saturated rings. The Labute approximate surface area is 235 Å². The Hall–Kier alpha value is -0.890. The van der Waals surface area contributed by atoms with Crippen LogP contribution in [-0.4, -0.2) is 11.9 Å². The highest BCUT2D eigenvalue weighted by Crippen LogP contribution is 2.32. The summed E-state index contributed by atoms with van der Waals surface area (Å²) < 4.78 is 14.4. The summed E-state index contributed by atoms with van der Waals surface area (Å²) in [6.45, 7) is 0.481. The summed E-state index contributed by atoms with van der Waals surface area (Å²) in [5.74, 6) is 0.485. The van der Waals surface area contributed by atoms with Gasteiger partial charge in [0.05, 0.1) is 17.2 Å². The average Bonchev–Trinajstić information content (AvgIpc) is 3.11. The monoisotopic (exact) mass is 801 g/mol. The van der Waals surface area contributed by atoms with Crippen LogP contribution in [0.25, 0.3) is 6.08 Å². The Kier molecular flexibility index (Phi) is 8.01. The average molecular weight is 802 g/mol. The molecule has 3 aromatic carbocycles. The van der Waals surface area contributed by atoms with Gasteiger partial charge in [-0.15, -0.1) is 0 Å². The summed E-state index contributed by atoms with van der Waals surface area (Å²) in [4.78, 5) is 16.7. The highest BCUT2D eigenvalue weighted by atomic mass is 127. The van der Waals surface area contributed by atoms with Crippen molar-refractivity contribution >= 4 is 109 Å². The third kappa shape index (κ3) is 5.60. The number of esters is 1. The van der Waals surface area contributed by atoms with E-state index in [0.29, 0.717) is 22.2 Å². The van der Waals surface area contributed by atoms with Crippen LogP contribution in [0.4, 0.5) is 0 Å². The van der Waals surface area contributed by atoms with E-state index >= 15 is 0 Å². The molecule has 3 aromatic rings. The summed E-state index contributed by atoms with van der Waals surface area (Å²) in [6.07, 6.45) is 1.70. The lowest BCUT2D eigenvalue weighted by atomic mass is 10.2. The molecule has 0 bridgehead atoms. The molecule has 0 spiro atoms. The molecule has 0 aromatic heterocycles. The lowest BCUT2D eigenvalue weighted by molar-refractivity contribution is -0.129. The number of halogens is 5. The number of carbonyl (C=O) groups is 1. The van der Waals surface area contributed by atoms with Crippen molar-refractivity contribution in [2.75, 3.05) is 0 Å². The van der Waals surface area contributed by atoms with Crippen molar-refractivity contribution in [1.29, 1.82) is 0 Å². The predicted molar refractivity (Wildman–Crippen MR) is 152 cm³/mol. The molecule has 1 heterocycles. The van der Waals surface area contributed by atoms with Crippen LogP contribution < -0.4 is 4.74 Å². The molecule has 0 amide bonds. The Morgan fingerprint density at radius 2 is 1.66 bits per heavy atom. The highest BCUT2D eigenvalue weighted by molar-refractivity contribution is 14.1. The number of ether oxygens (including phenoxy) is 2. The van der Waals surface area contributed by atoms with Gasteiger partial charge in [-0.25, -0.2) is 9.79 Å². The van der Waals surface area contributed by atoms with Crippen LogP contribution in [-0.2, 0) is 16.1 Å². The van der Waals surface area contributed by atoms with Crippen LogP contribution in [0.15, 0.2) is 65.3 Å². The van der Waals surface area contributed by atoms with Crippen LogP contribution in [0, 0.1) is 10.7 Å². The molecule has 0 unspecified atom stereocenters. The van der Waals surface area contributed by atoms with Crippen LogP contribution in [0.3, 0.4) is 0 Å². The minimum absolute atomic E-state index is 0.196. The van der Waals surface area contributed by atoms with E-state index in [1.165, 1.54) is 0 Å². The molecule has 4 nitrogen and oxygen atoms in total. The van der Waals surface area contributed by atoms with Gasteiger partial charge in [0.1, 0.15) is 12.4 Å². The molecule has 0 N–H and O–H groups in total. The molecule has 162 valence electrons. The lowest BCUT2D eigenvalue weighted by Gasteiger charge is -2.12. The fraction of sp³-hybridized carbons (Fsp3) is 0.0435. The summed E-state index contributed by atoms with van der Waals surface area (Å²) >= 11 is 18.8. The molecule has 9 heteroatoms. The van der Waals surface area contributed by atoms with E-state index in [9.17, 15) is 4.79 Å². The second-order valence-corrected chi connectivity index (χ2v) is 11.0. The highest BCUT2D eigenvalue weighted by Gasteiger charge is 2.25. The third-order valence-electron chi connectivity index (χ3n) is 4.44. The van der Waals surface area contributed by atoms with Gasteiger partial charge < -0.3 is 9.47 Å². The van der Waals surface area contributed by atoms with Gasteiger partial charge >= 0.3 is 5.97 Å². The van der Waals surface area contributed by atoms with Crippen molar-refractivity contribution in [1.82, 2.24) is 0 Å². The summed E-state index contributed by atoms with van der Waals surface area (Å²) in [6, 6.07) is 17.0. The van der Waals surface area contributed by atoms with Gasteiger partial charge in [-0.1, -0.05) is 41.4 Å². The molecular formula is C23H12Cl2I3NO3. The minimum atomic E-state index is -0.518. The minimum Gasteiger partial charge on any atom is -0.487 e. The van der Waals surface area contributed by atoms with E-state index in [1.807, 2.05) is 24.3 Å². The van der Waals surface area contributed by atoms with Gasteiger partial charge in [0.2, 0.25) is 5.90 Å². The normalized spacial score (nSPS) is 14.5. The molecule has 32 heavy (non-hydrogen) atoms. The zero-order valence-corrected chi connectivity index (χ0v) is 24.0. The topological polar surface area (TPSA) is 47.9 Å². The summed E-state index contributed by atoms with van der Waals surface area (Å²) in [5, 5.41) is 0.787. The van der Waals surface area contributed by atoms with Crippen molar-refractivity contribution in [2.45, 2.75) is 6.61 Å². The number of hydrogen-bond acceptors (Lipinski definition) is 4. The Bertz CT molecular complexity index is 1270. The summed E-state index contributed by atoms with van der Waals surface area (Å²) in [5.41, 5.74) is 2.75. The van der Waals surface area contributed by atoms with Crippen LogP contribution in [0.5, 0.6) is 5.75 Å². The quantitative estimate of drug-likeness (QED) is 0.151. The Morgan fingerprint density at radius 3 is 2.34 bits per heavy atom. The van der Waals surface area contributed by atoms with Gasteiger partial charge in [-0.3, -0.25) is 0 Å². The van der Waals surface area contributed by atoms with Gasteiger partial charge in [-0.2, -0.15) is 0 Å². The second kappa shape index (κ2) is 10.6. The SMILES string of the molecule is O=C1OC(c2ccc(Cl)c(Cl)c2)=N/C1=C\c1cc(I)c(OCc2ccccc2I)c(I)c1. The van der Waals surface area contributed by atoms with Gasteiger partial charge in [0.15, 0.2) is 5.70 Å². The zero-order valence-electron chi connectivity index (χ0n) is 16.0. The number of aliphatic imine (C=N–C) groups is 1. The summed E-state index contributed by atoms with van der Waals surface area (Å²) in [7, 11) is 0. The van der Waals surface area contributed by atoms with E-state index in [2.05, 4.69) is 84.9 Å². The van der Waals surface area contributed by atoms with E-state index in [0.717, 1.165) is 27.6 Å². The largest absolute Gasteiger partial charge is 0.487 e. The van der Waals surface area contributed by atoms with Crippen molar-refractivity contribution in [3.05, 3.63) is 97.7 Å². The first-order valence-electron chi connectivity index (χ1n) is 9.15. The molecule has 0 atom stereocenters. The fourth-order valence-corrected chi connectivity index (χ4v) is 5.85. The number of nitrogens with zero attached hydrogens (tertiary/aromatic N) is 1. The predicted octanol–water partition coefficient (Wildman–Crippen LogP) is 7.73. The fourth-order valence-electron chi connectivity index (χ4n) is 2.89. The van der Waals surface area contributed by atoms with Crippen LogP contribution in [0.2, 0.25) is 10.0 Å². The van der Waals surface area contributed by atoms with Crippen molar-refractivity contribution in [3.8, 4) is 5.75 Å². The smallest absolute Gasteiger partial charge is 0.363 e. The van der Waals surface area contributed by atoms with E-state index in [4.69, 9.17) is 32.7 Å². The second-order valence-electron chi connectivity index (χ2n) is 6.66. The number of hydrogen-bond donors (Lipinski definition) is 0. The van der Waals surface area contributed by atoms with Crippen LogP contribution in [0.1, 0.15) is 16.7 Å². The number of benzene rings is 3. The maximum atomic E-state index is 12.3. The molecule has 1 aliphatic heterocycles. The number of cyclic esters (lactones) is 1. The standard InChI is InChI=1S/C23H12Cl2I3NO3/c24-15-6-5-13(10-16(15)25)22-29-20(23(30)32-22)9-12-7-18(27)21(19(28)8-12)31-11-14-3-1-2-4-17(14)26/h1-10H,11H2/b20-9-. The first-order chi connectivity index (χ1) is 15.3. The van der Waals surface area contributed by atoms with E-state index < -0.39 is 5.97 Å². The first-order valence-corrected chi connectivity index (χ1v) is 13.1. The maximum Gasteiger partial charge on any atom is 0.363 e. The molecular weight excluding hydrogens is 790 g/mol. The van der Waals surface area contributed by atoms with Gasteiger partial charge in [-0.05, 0) is 116 Å². The molecule has 0 radical (unpaired) electrons. The van der Waals surface area contributed by atoms with Gasteiger partial charge in [0, 0.05) is 14.7 Å². The molecule has 0 saturated carbocycles. The molecule has 1 aliphatic rings. The zero-order chi connectivity index (χ0) is 22.8. The van der Waals surface area contributed by atoms with Gasteiger partial charge in [0.25, 0.3) is 0 Å². The van der Waals surface area contributed by atoms with Crippen molar-refractivity contribution < 1.29 is 14.3 Å². The molecule has 0 aliphatic carbocycles. The Morgan fingerprint density at radius 1 is 0.938 bits per heavy atom. The maximum absolute atomic E-state index is 12.3. The van der Waals surface area contributed by atoms with Crippen molar-refractivity contribution in [2.24, 2.45) is 4.99 Å². The third-order valence-corrected chi connectivity index (χ3v) is 7.83. The van der Waals surface area contributed by atoms with Crippen LogP contribution >= 0.6 is 91.0 Å². The Balaban J connectivity index is 1.57. The number of carbonyl (C=O) groups excluding carboxylic acids is 1. The first kappa shape index (κ1) is 24.2. The molecule has 4 rings (SSSR count). The van der Waals surface area contributed by atoms with Crippen molar-refractivity contribution in [3.63, 3.8) is 0 Å².